The van der Waals surface area contributed by atoms with Gasteiger partial charge in [0.05, 0.1) is 0 Å². The van der Waals surface area contributed by atoms with Crippen LogP contribution in [0.25, 0.3) is 11.6 Å². The highest BCUT2D eigenvalue weighted by Gasteiger charge is 2.43. The first-order chi connectivity index (χ1) is 15.8. The first-order valence-electron chi connectivity index (χ1n) is 12.7. The predicted molar refractivity (Wildman–Crippen MR) is 129 cm³/mol. The molecule has 0 unspecified atom stereocenters. The molecule has 0 radical (unpaired) electrons. The summed E-state index contributed by atoms with van der Waals surface area (Å²) in [6.45, 7) is 1.23. The quantitative estimate of drug-likeness (QED) is 0.770. The first-order valence-corrected chi connectivity index (χ1v) is 12.7. The van der Waals surface area contributed by atoms with Crippen molar-refractivity contribution in [2.75, 3.05) is 6.54 Å². The number of hydrogen-bond donors (Lipinski definition) is 1. The van der Waals surface area contributed by atoms with E-state index in [1.54, 1.807) is 11.1 Å². The topological polar surface area (TPSA) is 32.3 Å². The third-order valence-electron chi connectivity index (χ3n) is 8.52. The molecule has 4 aliphatic rings. The number of nitrogens with one attached hydrogen (secondary N) is 1. The first kappa shape index (κ1) is 20.2. The molecule has 6 rings (SSSR count). The molecule has 3 heteroatoms. The molecule has 1 N–H and O–H groups in total. The Bertz CT molecular complexity index is 1100. The largest absolute Gasteiger partial charge is 0.350 e. The number of fused-ring (bicyclic) bond motifs is 6. The lowest BCUT2D eigenvalue weighted by Gasteiger charge is -2.31. The van der Waals surface area contributed by atoms with Gasteiger partial charge in [-0.3, -0.25) is 9.69 Å². The number of amides is 1. The molecule has 1 saturated carbocycles. The van der Waals surface area contributed by atoms with Gasteiger partial charge in [0.15, 0.2) is 0 Å². The van der Waals surface area contributed by atoms with Gasteiger partial charge in [-0.2, -0.15) is 0 Å². The number of benzene rings is 2. The smallest absolute Gasteiger partial charge is 0.248 e. The molecular formula is C29H34N2O. The van der Waals surface area contributed by atoms with Gasteiger partial charge in [0, 0.05) is 23.7 Å². The number of rotatable bonds is 5. The van der Waals surface area contributed by atoms with Crippen molar-refractivity contribution in [3.63, 3.8) is 0 Å². The minimum atomic E-state index is 0.167. The SMILES string of the molecule is O=C(N[C@H]1CC[C@H](CCN2[C@@H]3CC[C@H]2c2ccccc23)CC1)C1=c2ccccc2=CCC1. The lowest BCUT2D eigenvalue weighted by Crippen LogP contribution is -2.42. The van der Waals surface area contributed by atoms with Gasteiger partial charge in [-0.25, -0.2) is 0 Å². The van der Waals surface area contributed by atoms with Crippen molar-refractivity contribution in [3.05, 3.63) is 70.1 Å². The fourth-order valence-electron chi connectivity index (χ4n) is 6.85. The molecule has 0 aromatic heterocycles. The van der Waals surface area contributed by atoms with Crippen molar-refractivity contribution < 1.29 is 4.79 Å². The predicted octanol–water partition coefficient (Wildman–Crippen LogP) is 4.37. The maximum Gasteiger partial charge on any atom is 0.248 e. The van der Waals surface area contributed by atoms with Gasteiger partial charge in [0.25, 0.3) is 0 Å². The van der Waals surface area contributed by atoms with Gasteiger partial charge in [-0.1, -0.05) is 54.6 Å². The fourth-order valence-corrected chi connectivity index (χ4v) is 6.85. The lowest BCUT2D eigenvalue weighted by molar-refractivity contribution is -0.116. The Balaban J connectivity index is 1.02. The zero-order chi connectivity index (χ0) is 21.5. The van der Waals surface area contributed by atoms with E-state index in [9.17, 15) is 4.79 Å². The van der Waals surface area contributed by atoms with Crippen molar-refractivity contribution >= 4 is 17.6 Å². The summed E-state index contributed by atoms with van der Waals surface area (Å²) in [5, 5.41) is 5.73. The van der Waals surface area contributed by atoms with Crippen LogP contribution in [0.4, 0.5) is 0 Å². The van der Waals surface area contributed by atoms with Crippen LogP contribution < -0.4 is 15.8 Å². The normalized spacial score (nSPS) is 28.7. The van der Waals surface area contributed by atoms with E-state index in [1.807, 2.05) is 6.07 Å². The Kier molecular flexibility index (Phi) is 5.38. The molecule has 2 heterocycles. The van der Waals surface area contributed by atoms with E-state index in [2.05, 4.69) is 58.8 Å². The second kappa shape index (κ2) is 8.51. The van der Waals surface area contributed by atoms with Crippen LogP contribution in [0.3, 0.4) is 0 Å². The molecule has 1 saturated heterocycles. The monoisotopic (exact) mass is 426 g/mol. The van der Waals surface area contributed by atoms with Crippen LogP contribution in [0.15, 0.2) is 48.5 Å². The number of carbonyl (C=O) groups is 1. The highest BCUT2D eigenvalue weighted by molar-refractivity contribution is 6.13. The summed E-state index contributed by atoms with van der Waals surface area (Å²) in [5.41, 5.74) is 4.17. The zero-order valence-electron chi connectivity index (χ0n) is 18.9. The summed E-state index contributed by atoms with van der Waals surface area (Å²) in [4.78, 5) is 15.8. The van der Waals surface area contributed by atoms with E-state index in [1.165, 1.54) is 43.9 Å². The van der Waals surface area contributed by atoms with Gasteiger partial charge in [-0.15, -0.1) is 0 Å². The van der Waals surface area contributed by atoms with Crippen LogP contribution in [0.1, 0.15) is 81.0 Å². The molecule has 2 bridgehead atoms. The van der Waals surface area contributed by atoms with E-state index in [0.717, 1.165) is 42.4 Å². The lowest BCUT2D eigenvalue weighted by atomic mass is 9.83. The maximum atomic E-state index is 13.0. The van der Waals surface area contributed by atoms with Crippen molar-refractivity contribution in [1.29, 1.82) is 0 Å². The van der Waals surface area contributed by atoms with Gasteiger partial charge < -0.3 is 5.32 Å². The molecule has 2 aliphatic heterocycles. The second-order valence-corrected chi connectivity index (χ2v) is 10.3. The molecule has 1 amide bonds. The fraction of sp³-hybridized carbons (Fsp3) is 0.483. The van der Waals surface area contributed by atoms with Gasteiger partial charge in [0.1, 0.15) is 0 Å². The minimum absolute atomic E-state index is 0.167. The van der Waals surface area contributed by atoms with E-state index in [4.69, 9.17) is 0 Å². The number of nitrogens with zero attached hydrogens (tertiary/aromatic N) is 1. The molecule has 0 spiro atoms. The molecule has 2 aromatic rings. The van der Waals surface area contributed by atoms with Crippen molar-refractivity contribution in [2.24, 2.45) is 5.92 Å². The Morgan fingerprint density at radius 2 is 1.56 bits per heavy atom. The van der Waals surface area contributed by atoms with Gasteiger partial charge in [-0.05, 0) is 91.8 Å². The summed E-state index contributed by atoms with van der Waals surface area (Å²) >= 11 is 0. The summed E-state index contributed by atoms with van der Waals surface area (Å²) in [7, 11) is 0. The number of carbonyl (C=O) groups excluding carboxylic acids is 1. The summed E-state index contributed by atoms with van der Waals surface area (Å²) in [5.74, 6) is 0.976. The van der Waals surface area contributed by atoms with Crippen LogP contribution in [0.2, 0.25) is 0 Å². The van der Waals surface area contributed by atoms with Crippen LogP contribution in [0, 0.1) is 5.92 Å². The molecule has 32 heavy (non-hydrogen) atoms. The third-order valence-corrected chi connectivity index (χ3v) is 8.52. The van der Waals surface area contributed by atoms with Crippen LogP contribution >= 0.6 is 0 Å². The average molecular weight is 427 g/mol. The van der Waals surface area contributed by atoms with E-state index >= 15 is 0 Å². The standard InChI is InChI=1S/C29H34N2O/c32-29(26-11-5-7-21-6-1-2-8-23(21)26)30-22-14-12-20(13-15-22)18-19-31-27-16-17-28(31)25-10-4-3-9-24(25)27/h1-4,6-10,20,22,27-28H,5,11-19H2,(H,30,32)/t20-,22-,27-,28+. The Morgan fingerprint density at radius 3 is 2.31 bits per heavy atom. The molecule has 2 aliphatic carbocycles. The van der Waals surface area contributed by atoms with Crippen molar-refractivity contribution in [1.82, 2.24) is 10.2 Å². The summed E-state index contributed by atoms with van der Waals surface area (Å²) in [6.07, 6.45) is 12.8. The molecule has 166 valence electrons. The van der Waals surface area contributed by atoms with Crippen LogP contribution in [0.5, 0.6) is 0 Å². The molecule has 2 fully saturated rings. The summed E-state index contributed by atoms with van der Waals surface area (Å²) < 4.78 is 0. The van der Waals surface area contributed by atoms with Gasteiger partial charge in [0.2, 0.25) is 5.91 Å². The van der Waals surface area contributed by atoms with E-state index < -0.39 is 0 Å². The second-order valence-electron chi connectivity index (χ2n) is 10.3. The average Bonchev–Trinajstić information content (AvgIpc) is 3.39. The van der Waals surface area contributed by atoms with Crippen molar-refractivity contribution in [2.45, 2.75) is 75.9 Å². The minimum Gasteiger partial charge on any atom is -0.350 e. The third kappa shape index (κ3) is 3.61. The molecule has 3 nitrogen and oxygen atoms in total. The van der Waals surface area contributed by atoms with Crippen LogP contribution in [-0.4, -0.2) is 23.4 Å². The Hall–Kier alpha value is -2.39. The Labute approximate surface area is 191 Å². The molecule has 2 atom stereocenters. The molecule has 2 aromatic carbocycles. The van der Waals surface area contributed by atoms with E-state index in [0.29, 0.717) is 18.1 Å². The maximum absolute atomic E-state index is 13.0. The highest BCUT2D eigenvalue weighted by atomic mass is 16.1. The number of hydrogen-bond acceptors (Lipinski definition) is 2. The van der Waals surface area contributed by atoms with Gasteiger partial charge >= 0.3 is 0 Å². The van der Waals surface area contributed by atoms with Crippen LogP contribution in [-0.2, 0) is 4.79 Å². The summed E-state index contributed by atoms with van der Waals surface area (Å²) in [6, 6.07) is 19.1. The molecular weight excluding hydrogens is 392 g/mol. The zero-order valence-corrected chi connectivity index (χ0v) is 18.9. The van der Waals surface area contributed by atoms with Crippen molar-refractivity contribution in [3.8, 4) is 0 Å². The Morgan fingerprint density at radius 1 is 0.875 bits per heavy atom. The van der Waals surface area contributed by atoms with E-state index in [-0.39, 0.29) is 5.91 Å². The highest BCUT2D eigenvalue weighted by Crippen LogP contribution is 2.53.